The number of aromatic nitrogens is 2. The van der Waals surface area contributed by atoms with Gasteiger partial charge in [-0.15, -0.1) is 11.3 Å². The van der Waals surface area contributed by atoms with Crippen molar-refractivity contribution in [1.29, 1.82) is 0 Å². The third kappa shape index (κ3) is 4.61. The lowest BCUT2D eigenvalue weighted by molar-refractivity contribution is -0.121. The SMILES string of the molecule is CC(C)N(C(=O)COc1ncnc2sc3c(c12)CCCC3)c1ccc(Nc2ccccc2)cc1. The summed E-state index contributed by atoms with van der Waals surface area (Å²) in [7, 11) is 0. The van der Waals surface area contributed by atoms with Gasteiger partial charge in [-0.3, -0.25) is 4.79 Å². The van der Waals surface area contributed by atoms with Crippen LogP contribution in [0.2, 0.25) is 0 Å². The Labute approximate surface area is 203 Å². The number of rotatable bonds is 7. The molecule has 1 amide bonds. The second-order valence-electron chi connectivity index (χ2n) is 8.75. The molecule has 2 aromatic heterocycles. The number of para-hydroxylation sites is 1. The first-order valence-corrected chi connectivity index (χ1v) is 12.5. The number of nitrogens with zero attached hydrogens (tertiary/aromatic N) is 3. The highest BCUT2D eigenvalue weighted by atomic mass is 32.1. The molecule has 0 atom stereocenters. The van der Waals surface area contributed by atoms with Gasteiger partial charge in [-0.2, -0.15) is 0 Å². The maximum Gasteiger partial charge on any atom is 0.265 e. The molecule has 0 saturated heterocycles. The molecule has 5 rings (SSSR count). The van der Waals surface area contributed by atoms with E-state index in [0.717, 1.165) is 40.1 Å². The Hall–Kier alpha value is -3.45. The van der Waals surface area contributed by atoms with Gasteiger partial charge in [0, 0.05) is 28.0 Å². The number of hydrogen-bond donors (Lipinski definition) is 1. The van der Waals surface area contributed by atoms with Crippen LogP contribution in [0.5, 0.6) is 5.88 Å². The molecule has 0 bridgehead atoms. The van der Waals surface area contributed by atoms with Gasteiger partial charge in [-0.25, -0.2) is 9.97 Å². The number of aryl methyl sites for hydroxylation is 2. The zero-order valence-electron chi connectivity index (χ0n) is 19.5. The Morgan fingerprint density at radius 1 is 1.03 bits per heavy atom. The molecular formula is C27H28N4O2S. The molecule has 1 aliphatic carbocycles. The van der Waals surface area contributed by atoms with Crippen LogP contribution in [0, 0.1) is 0 Å². The van der Waals surface area contributed by atoms with E-state index in [1.54, 1.807) is 16.2 Å². The molecule has 1 aliphatic rings. The molecule has 6 nitrogen and oxygen atoms in total. The molecule has 1 N–H and O–H groups in total. The van der Waals surface area contributed by atoms with Crippen molar-refractivity contribution in [2.24, 2.45) is 0 Å². The number of benzene rings is 2. The predicted molar refractivity (Wildman–Crippen MR) is 138 cm³/mol. The average Bonchev–Trinajstić information content (AvgIpc) is 3.24. The number of amides is 1. The van der Waals surface area contributed by atoms with Crippen LogP contribution in [0.4, 0.5) is 17.1 Å². The van der Waals surface area contributed by atoms with E-state index in [2.05, 4.69) is 15.3 Å². The van der Waals surface area contributed by atoms with Gasteiger partial charge in [0.25, 0.3) is 5.91 Å². The Balaban J connectivity index is 1.31. The van der Waals surface area contributed by atoms with Crippen LogP contribution in [0.25, 0.3) is 10.2 Å². The average molecular weight is 473 g/mol. The van der Waals surface area contributed by atoms with Crippen molar-refractivity contribution in [2.75, 3.05) is 16.8 Å². The molecule has 0 unspecified atom stereocenters. The summed E-state index contributed by atoms with van der Waals surface area (Å²) in [4.78, 5) is 26.2. The summed E-state index contributed by atoms with van der Waals surface area (Å²) in [6.07, 6.45) is 6.02. The molecule has 2 heterocycles. The van der Waals surface area contributed by atoms with Crippen LogP contribution >= 0.6 is 11.3 Å². The Morgan fingerprint density at radius 2 is 1.76 bits per heavy atom. The van der Waals surface area contributed by atoms with Crippen molar-refractivity contribution in [3.05, 3.63) is 71.4 Å². The van der Waals surface area contributed by atoms with Crippen LogP contribution in [0.15, 0.2) is 60.9 Å². The van der Waals surface area contributed by atoms with Crippen LogP contribution in [0.3, 0.4) is 0 Å². The topological polar surface area (TPSA) is 67.4 Å². The largest absolute Gasteiger partial charge is 0.467 e. The van der Waals surface area contributed by atoms with E-state index < -0.39 is 0 Å². The highest BCUT2D eigenvalue weighted by molar-refractivity contribution is 7.18. The number of hydrogen-bond acceptors (Lipinski definition) is 6. The molecule has 174 valence electrons. The zero-order chi connectivity index (χ0) is 23.5. The summed E-state index contributed by atoms with van der Waals surface area (Å²) < 4.78 is 6.01. The van der Waals surface area contributed by atoms with Crippen LogP contribution < -0.4 is 15.0 Å². The van der Waals surface area contributed by atoms with Gasteiger partial charge in [0.1, 0.15) is 11.2 Å². The minimum absolute atomic E-state index is 0.0108. The summed E-state index contributed by atoms with van der Waals surface area (Å²) >= 11 is 1.73. The number of ether oxygens (including phenoxy) is 1. The number of thiophene rings is 1. The fourth-order valence-corrected chi connectivity index (χ4v) is 5.71. The second kappa shape index (κ2) is 9.81. The van der Waals surface area contributed by atoms with Crippen molar-refractivity contribution in [3.8, 4) is 5.88 Å². The summed E-state index contributed by atoms with van der Waals surface area (Å²) in [6.45, 7) is 3.94. The molecule has 0 aliphatic heterocycles. The van der Waals surface area contributed by atoms with Gasteiger partial charge in [0.05, 0.1) is 5.39 Å². The summed E-state index contributed by atoms with van der Waals surface area (Å²) in [5, 5.41) is 4.36. The summed E-state index contributed by atoms with van der Waals surface area (Å²) in [6, 6.07) is 17.9. The molecule has 4 aromatic rings. The van der Waals surface area contributed by atoms with E-state index >= 15 is 0 Å². The highest BCUT2D eigenvalue weighted by Gasteiger charge is 2.23. The minimum atomic E-state index is -0.102. The highest BCUT2D eigenvalue weighted by Crippen LogP contribution is 2.39. The molecule has 7 heteroatoms. The van der Waals surface area contributed by atoms with Gasteiger partial charge in [0.2, 0.25) is 5.88 Å². The van der Waals surface area contributed by atoms with Gasteiger partial charge in [-0.1, -0.05) is 18.2 Å². The Morgan fingerprint density at radius 3 is 2.53 bits per heavy atom. The van der Waals surface area contributed by atoms with Gasteiger partial charge in [0.15, 0.2) is 6.61 Å². The fourth-order valence-electron chi connectivity index (χ4n) is 4.49. The van der Waals surface area contributed by atoms with E-state index in [4.69, 9.17) is 4.74 Å². The van der Waals surface area contributed by atoms with Crippen LogP contribution in [-0.2, 0) is 17.6 Å². The number of carbonyl (C=O) groups excluding carboxylic acids is 1. The van der Waals surface area contributed by atoms with Crippen molar-refractivity contribution in [3.63, 3.8) is 0 Å². The number of nitrogens with one attached hydrogen (secondary N) is 1. The Bertz CT molecular complexity index is 1290. The first-order chi connectivity index (χ1) is 16.6. The molecule has 2 aromatic carbocycles. The summed E-state index contributed by atoms with van der Waals surface area (Å²) in [5.41, 5.74) is 4.12. The number of anilines is 3. The second-order valence-corrected chi connectivity index (χ2v) is 9.84. The lowest BCUT2D eigenvalue weighted by Gasteiger charge is -2.27. The Kier molecular flexibility index (Phi) is 6.45. The van der Waals surface area contributed by atoms with E-state index in [1.807, 2.05) is 68.4 Å². The smallest absolute Gasteiger partial charge is 0.265 e. The zero-order valence-corrected chi connectivity index (χ0v) is 20.3. The third-order valence-electron chi connectivity index (χ3n) is 6.04. The molecule has 0 radical (unpaired) electrons. The molecule has 0 spiro atoms. The standard InChI is InChI=1S/C27H28N4O2S/c1-18(2)31(21-14-12-20(13-15-21)30-19-8-4-3-5-9-19)24(32)16-33-26-25-22-10-6-7-11-23(22)34-27(25)29-17-28-26/h3-5,8-9,12-15,17-18,30H,6-7,10-11,16H2,1-2H3. The molecular weight excluding hydrogens is 444 g/mol. The van der Waals surface area contributed by atoms with Crippen molar-refractivity contribution in [2.45, 2.75) is 45.6 Å². The summed E-state index contributed by atoms with van der Waals surface area (Å²) in [5.74, 6) is 0.415. The van der Waals surface area contributed by atoms with Crippen LogP contribution in [0.1, 0.15) is 37.1 Å². The number of fused-ring (bicyclic) bond motifs is 3. The van der Waals surface area contributed by atoms with Gasteiger partial charge in [-0.05, 0) is 81.5 Å². The normalized spacial score (nSPS) is 13.0. The molecule has 0 fully saturated rings. The maximum atomic E-state index is 13.2. The van der Waals surface area contributed by atoms with Crippen molar-refractivity contribution < 1.29 is 9.53 Å². The first-order valence-electron chi connectivity index (χ1n) is 11.7. The van der Waals surface area contributed by atoms with E-state index in [1.165, 1.54) is 29.6 Å². The van der Waals surface area contributed by atoms with Crippen LogP contribution in [-0.4, -0.2) is 28.5 Å². The fraction of sp³-hybridized carbons (Fsp3) is 0.296. The molecule has 0 saturated carbocycles. The monoisotopic (exact) mass is 472 g/mol. The van der Waals surface area contributed by atoms with Crippen molar-refractivity contribution >= 4 is 44.5 Å². The van der Waals surface area contributed by atoms with Gasteiger partial charge < -0.3 is 15.0 Å². The first kappa shape index (κ1) is 22.3. The third-order valence-corrected chi connectivity index (χ3v) is 7.24. The van der Waals surface area contributed by atoms with E-state index in [0.29, 0.717) is 5.88 Å². The van der Waals surface area contributed by atoms with Crippen molar-refractivity contribution in [1.82, 2.24) is 9.97 Å². The lowest BCUT2D eigenvalue weighted by Crippen LogP contribution is -2.40. The van der Waals surface area contributed by atoms with Gasteiger partial charge >= 0.3 is 0 Å². The minimum Gasteiger partial charge on any atom is -0.467 e. The molecule has 34 heavy (non-hydrogen) atoms. The predicted octanol–water partition coefficient (Wildman–Crippen LogP) is 6.13. The quantitative estimate of drug-likeness (QED) is 0.350. The van der Waals surface area contributed by atoms with E-state index in [-0.39, 0.29) is 18.6 Å². The van der Waals surface area contributed by atoms with E-state index in [9.17, 15) is 4.79 Å². The maximum absolute atomic E-state index is 13.2. The number of carbonyl (C=O) groups is 1. The lowest BCUT2D eigenvalue weighted by atomic mass is 9.97.